The number of carbonyl (C=O) groups is 1. The number of allylic oxidation sites excluding steroid dienone is 2. The molecule has 0 N–H and O–H groups in total. The highest BCUT2D eigenvalue weighted by molar-refractivity contribution is 6.30. The third-order valence-electron chi connectivity index (χ3n) is 3.67. The fourth-order valence-corrected chi connectivity index (χ4v) is 2.13. The SMILES string of the molecule is Cc1ccccc1COC(=O)CC(C)(C)C/C=C(\Cl)C(C)(C)F. The summed E-state index contributed by atoms with van der Waals surface area (Å²) in [6.45, 7) is 8.96. The molecule has 0 amide bonds. The van der Waals surface area contributed by atoms with Crippen LogP contribution in [0.25, 0.3) is 0 Å². The van der Waals surface area contributed by atoms with Gasteiger partial charge in [0.2, 0.25) is 0 Å². The van der Waals surface area contributed by atoms with E-state index in [2.05, 4.69) is 0 Å². The predicted octanol–water partition coefficient (Wildman–Crippen LogP) is 5.72. The minimum absolute atomic E-state index is 0.166. The number of carbonyl (C=O) groups excluding carboxylic acids is 1. The van der Waals surface area contributed by atoms with Gasteiger partial charge < -0.3 is 4.74 Å². The Balaban J connectivity index is 2.54. The van der Waals surface area contributed by atoms with Crippen molar-refractivity contribution in [1.29, 1.82) is 0 Å². The zero-order chi connectivity index (χ0) is 17.7. The van der Waals surface area contributed by atoms with Gasteiger partial charge in [-0.2, -0.15) is 0 Å². The molecule has 0 saturated heterocycles. The number of benzene rings is 1. The molecule has 0 atom stereocenters. The van der Waals surface area contributed by atoms with E-state index in [-0.39, 0.29) is 29.4 Å². The summed E-state index contributed by atoms with van der Waals surface area (Å²) in [6, 6.07) is 7.80. The maximum atomic E-state index is 13.7. The first-order valence-corrected chi connectivity index (χ1v) is 8.14. The van der Waals surface area contributed by atoms with Crippen LogP contribution >= 0.6 is 11.6 Å². The minimum Gasteiger partial charge on any atom is -0.461 e. The third-order valence-corrected chi connectivity index (χ3v) is 4.28. The molecule has 0 saturated carbocycles. The molecular formula is C19H26ClFO2. The Morgan fingerprint density at radius 1 is 1.26 bits per heavy atom. The van der Waals surface area contributed by atoms with E-state index >= 15 is 0 Å². The van der Waals surface area contributed by atoms with Crippen molar-refractivity contribution < 1.29 is 13.9 Å². The average Bonchev–Trinajstić information content (AvgIpc) is 2.42. The number of hydrogen-bond donors (Lipinski definition) is 0. The molecule has 0 aliphatic carbocycles. The van der Waals surface area contributed by atoms with Crippen molar-refractivity contribution in [2.45, 2.75) is 59.7 Å². The van der Waals surface area contributed by atoms with Crippen LogP contribution in [0.4, 0.5) is 4.39 Å². The monoisotopic (exact) mass is 340 g/mol. The van der Waals surface area contributed by atoms with E-state index in [1.54, 1.807) is 6.08 Å². The van der Waals surface area contributed by atoms with Crippen LogP contribution in [0.5, 0.6) is 0 Å². The lowest BCUT2D eigenvalue weighted by molar-refractivity contribution is -0.147. The van der Waals surface area contributed by atoms with E-state index in [0.717, 1.165) is 11.1 Å². The lowest BCUT2D eigenvalue weighted by Gasteiger charge is -2.23. The molecule has 0 aliphatic rings. The van der Waals surface area contributed by atoms with E-state index < -0.39 is 5.67 Å². The largest absolute Gasteiger partial charge is 0.461 e. The minimum atomic E-state index is -1.55. The maximum Gasteiger partial charge on any atom is 0.306 e. The van der Waals surface area contributed by atoms with Crippen molar-refractivity contribution in [3.8, 4) is 0 Å². The number of halogens is 2. The highest BCUT2D eigenvalue weighted by atomic mass is 35.5. The number of esters is 1. The molecule has 0 spiro atoms. The van der Waals surface area contributed by atoms with Crippen molar-refractivity contribution in [1.82, 2.24) is 0 Å². The van der Waals surface area contributed by atoms with E-state index in [0.29, 0.717) is 6.42 Å². The molecule has 0 heterocycles. The quantitative estimate of drug-likeness (QED) is 0.594. The third kappa shape index (κ3) is 7.17. The van der Waals surface area contributed by atoms with Gasteiger partial charge in [-0.3, -0.25) is 4.79 Å². The summed E-state index contributed by atoms with van der Waals surface area (Å²) in [5, 5.41) is 0.166. The molecule has 1 aromatic carbocycles. The second-order valence-electron chi connectivity index (χ2n) is 7.16. The molecule has 1 rings (SSSR count). The Hall–Kier alpha value is -1.35. The Morgan fingerprint density at radius 3 is 2.43 bits per heavy atom. The van der Waals surface area contributed by atoms with Crippen LogP contribution in [0.1, 0.15) is 51.7 Å². The molecule has 0 aromatic heterocycles. The van der Waals surface area contributed by atoms with Crippen LogP contribution in [0, 0.1) is 12.3 Å². The summed E-state index contributed by atoms with van der Waals surface area (Å²) >= 11 is 5.93. The number of aryl methyl sites for hydroxylation is 1. The van der Waals surface area contributed by atoms with Gasteiger partial charge in [0, 0.05) is 0 Å². The maximum absolute atomic E-state index is 13.7. The van der Waals surface area contributed by atoms with Crippen molar-refractivity contribution in [2.24, 2.45) is 5.41 Å². The van der Waals surface area contributed by atoms with Gasteiger partial charge in [-0.15, -0.1) is 0 Å². The summed E-state index contributed by atoms with van der Waals surface area (Å²) in [5.74, 6) is -0.262. The van der Waals surface area contributed by atoms with Gasteiger partial charge in [-0.05, 0) is 43.7 Å². The molecule has 0 unspecified atom stereocenters. The van der Waals surface area contributed by atoms with E-state index in [9.17, 15) is 9.18 Å². The van der Waals surface area contributed by atoms with Crippen LogP contribution in [-0.2, 0) is 16.1 Å². The molecular weight excluding hydrogens is 315 g/mol. The summed E-state index contributed by atoms with van der Waals surface area (Å²) in [5.41, 5.74) is 0.206. The first-order valence-electron chi connectivity index (χ1n) is 7.76. The van der Waals surface area contributed by atoms with Crippen LogP contribution < -0.4 is 0 Å². The van der Waals surface area contributed by atoms with Gasteiger partial charge in [0.1, 0.15) is 12.3 Å². The zero-order valence-corrected chi connectivity index (χ0v) is 15.3. The predicted molar refractivity (Wildman–Crippen MR) is 93.1 cm³/mol. The van der Waals surface area contributed by atoms with Gasteiger partial charge in [-0.1, -0.05) is 55.8 Å². The summed E-state index contributed by atoms with van der Waals surface area (Å²) < 4.78 is 19.0. The normalized spacial score (nSPS) is 13.1. The van der Waals surface area contributed by atoms with Gasteiger partial charge in [0.15, 0.2) is 0 Å². The molecule has 0 radical (unpaired) electrons. The Labute approximate surface area is 143 Å². The standard InChI is InChI=1S/C19H26ClFO2/c1-14-8-6-7-9-15(14)13-23-17(22)12-18(2,3)11-10-16(20)19(4,5)21/h6-10H,11-13H2,1-5H3/b16-10-. The molecule has 23 heavy (non-hydrogen) atoms. The highest BCUT2D eigenvalue weighted by Crippen LogP contribution is 2.31. The molecule has 1 aromatic rings. The highest BCUT2D eigenvalue weighted by Gasteiger charge is 2.25. The fraction of sp³-hybridized carbons (Fsp3) is 0.526. The summed E-state index contributed by atoms with van der Waals surface area (Å²) in [6.07, 6.45) is 2.42. The Bertz CT molecular complexity index is 571. The van der Waals surface area contributed by atoms with Gasteiger partial charge in [-0.25, -0.2) is 4.39 Å². The van der Waals surface area contributed by atoms with Crippen LogP contribution in [0.2, 0.25) is 0 Å². The van der Waals surface area contributed by atoms with Crippen LogP contribution in [-0.4, -0.2) is 11.6 Å². The Kier molecular flexibility index (Phi) is 6.82. The number of alkyl halides is 1. The number of hydrogen-bond acceptors (Lipinski definition) is 2. The van der Waals surface area contributed by atoms with Crippen molar-refractivity contribution >= 4 is 17.6 Å². The molecule has 2 nitrogen and oxygen atoms in total. The second kappa shape index (κ2) is 7.96. The van der Waals surface area contributed by atoms with Crippen molar-refractivity contribution in [3.05, 3.63) is 46.5 Å². The number of rotatable bonds is 7. The zero-order valence-electron chi connectivity index (χ0n) is 14.6. The fourth-order valence-electron chi connectivity index (χ4n) is 2.05. The van der Waals surface area contributed by atoms with Crippen LogP contribution in [0.15, 0.2) is 35.4 Å². The van der Waals surface area contributed by atoms with Crippen LogP contribution in [0.3, 0.4) is 0 Å². The average molecular weight is 341 g/mol. The first kappa shape index (κ1) is 19.7. The van der Waals surface area contributed by atoms with Gasteiger partial charge >= 0.3 is 5.97 Å². The molecule has 0 fully saturated rings. The number of ether oxygens (including phenoxy) is 1. The van der Waals surface area contributed by atoms with Crippen molar-refractivity contribution in [3.63, 3.8) is 0 Å². The summed E-state index contributed by atoms with van der Waals surface area (Å²) in [4.78, 5) is 12.0. The molecule has 128 valence electrons. The first-order chi connectivity index (χ1) is 10.5. The van der Waals surface area contributed by atoms with E-state index in [4.69, 9.17) is 16.3 Å². The smallest absolute Gasteiger partial charge is 0.306 e. The lowest BCUT2D eigenvalue weighted by atomic mass is 9.85. The Morgan fingerprint density at radius 2 is 1.87 bits per heavy atom. The summed E-state index contributed by atoms with van der Waals surface area (Å²) in [7, 11) is 0. The van der Waals surface area contributed by atoms with Crippen molar-refractivity contribution in [2.75, 3.05) is 0 Å². The lowest BCUT2D eigenvalue weighted by Crippen LogP contribution is -2.19. The van der Waals surface area contributed by atoms with E-state index in [1.165, 1.54) is 13.8 Å². The molecule has 0 aliphatic heterocycles. The molecule has 0 bridgehead atoms. The van der Waals surface area contributed by atoms with E-state index in [1.807, 2.05) is 45.0 Å². The van der Waals surface area contributed by atoms with Gasteiger partial charge in [0.05, 0.1) is 11.5 Å². The van der Waals surface area contributed by atoms with Gasteiger partial charge in [0.25, 0.3) is 0 Å². The second-order valence-corrected chi connectivity index (χ2v) is 7.56. The molecule has 4 heteroatoms. The topological polar surface area (TPSA) is 26.3 Å².